The number of carbonyl (C=O) groups excluding carboxylic acids is 1. The predicted octanol–water partition coefficient (Wildman–Crippen LogP) is 1.85. The van der Waals surface area contributed by atoms with Crippen molar-refractivity contribution in [3.8, 4) is 0 Å². The standard InChI is InChI=1S/C14H21N3O3/c1-9(2)17-8-10(7-15-17)13-11(14(19)20)5-4-6-12(18)16(13)3/h7-9,11,13H,4-6H2,1-3H3,(H,19,20). The Morgan fingerprint density at radius 3 is 2.75 bits per heavy atom. The summed E-state index contributed by atoms with van der Waals surface area (Å²) in [5.74, 6) is -1.43. The zero-order valence-electron chi connectivity index (χ0n) is 12.1. The third-order valence-corrected chi connectivity index (χ3v) is 3.91. The fourth-order valence-electron chi connectivity index (χ4n) is 2.73. The Kier molecular flexibility index (Phi) is 4.11. The van der Waals surface area contributed by atoms with Gasteiger partial charge in [-0.05, 0) is 26.7 Å². The monoisotopic (exact) mass is 279 g/mol. The highest BCUT2D eigenvalue weighted by Gasteiger charge is 2.37. The molecule has 0 aliphatic carbocycles. The zero-order valence-corrected chi connectivity index (χ0v) is 12.1. The molecule has 0 aromatic carbocycles. The molecule has 2 atom stereocenters. The largest absolute Gasteiger partial charge is 0.481 e. The lowest BCUT2D eigenvalue weighted by Crippen LogP contribution is -2.35. The molecule has 2 rings (SSSR count). The van der Waals surface area contributed by atoms with Gasteiger partial charge in [0.2, 0.25) is 5.91 Å². The van der Waals surface area contributed by atoms with Gasteiger partial charge in [0.25, 0.3) is 0 Å². The molecule has 1 saturated heterocycles. The molecule has 0 spiro atoms. The van der Waals surface area contributed by atoms with Crippen LogP contribution in [-0.2, 0) is 9.59 Å². The molecule has 1 fully saturated rings. The first kappa shape index (κ1) is 14.6. The number of carboxylic acid groups (broad SMARTS) is 1. The van der Waals surface area contributed by atoms with E-state index >= 15 is 0 Å². The van der Waals surface area contributed by atoms with Gasteiger partial charge in [-0.3, -0.25) is 14.3 Å². The summed E-state index contributed by atoms with van der Waals surface area (Å²) >= 11 is 0. The SMILES string of the molecule is CC(C)n1cc(C2C(C(=O)O)CCCC(=O)N2C)cn1. The molecule has 0 bridgehead atoms. The van der Waals surface area contributed by atoms with Crippen molar-refractivity contribution in [1.82, 2.24) is 14.7 Å². The lowest BCUT2D eigenvalue weighted by Gasteiger charge is -2.29. The van der Waals surface area contributed by atoms with Gasteiger partial charge >= 0.3 is 5.97 Å². The van der Waals surface area contributed by atoms with E-state index in [0.717, 1.165) is 5.56 Å². The first-order valence-corrected chi connectivity index (χ1v) is 6.94. The molecule has 6 nitrogen and oxygen atoms in total. The molecule has 1 N–H and O–H groups in total. The molecule has 20 heavy (non-hydrogen) atoms. The van der Waals surface area contributed by atoms with E-state index in [1.165, 1.54) is 0 Å². The number of carboxylic acids is 1. The summed E-state index contributed by atoms with van der Waals surface area (Å²) in [4.78, 5) is 25.1. The highest BCUT2D eigenvalue weighted by atomic mass is 16.4. The maximum Gasteiger partial charge on any atom is 0.308 e. The molecule has 2 heterocycles. The second kappa shape index (κ2) is 5.64. The molecular formula is C14H21N3O3. The number of amides is 1. The molecule has 6 heteroatoms. The van der Waals surface area contributed by atoms with Gasteiger partial charge in [0.05, 0.1) is 18.2 Å². The minimum atomic E-state index is -0.853. The van der Waals surface area contributed by atoms with Crippen molar-refractivity contribution in [1.29, 1.82) is 0 Å². The summed E-state index contributed by atoms with van der Waals surface area (Å²) in [6, 6.07) is -0.228. The lowest BCUT2D eigenvalue weighted by atomic mass is 9.91. The molecule has 110 valence electrons. The van der Waals surface area contributed by atoms with Gasteiger partial charge in [0.15, 0.2) is 0 Å². The van der Waals surface area contributed by atoms with E-state index in [1.54, 1.807) is 22.8 Å². The highest BCUT2D eigenvalue weighted by Crippen LogP contribution is 2.35. The molecule has 1 aromatic heterocycles. The summed E-state index contributed by atoms with van der Waals surface area (Å²) in [7, 11) is 1.68. The maximum atomic E-state index is 12.0. The fourth-order valence-corrected chi connectivity index (χ4v) is 2.73. The quantitative estimate of drug-likeness (QED) is 0.916. The van der Waals surface area contributed by atoms with E-state index in [4.69, 9.17) is 0 Å². The van der Waals surface area contributed by atoms with E-state index in [-0.39, 0.29) is 11.9 Å². The van der Waals surface area contributed by atoms with Crippen LogP contribution in [0, 0.1) is 5.92 Å². The molecule has 2 unspecified atom stereocenters. The van der Waals surface area contributed by atoms with Crippen LogP contribution in [0.15, 0.2) is 12.4 Å². The van der Waals surface area contributed by atoms with Crippen molar-refractivity contribution in [3.05, 3.63) is 18.0 Å². The van der Waals surface area contributed by atoms with Crippen LogP contribution in [0.25, 0.3) is 0 Å². The molecular weight excluding hydrogens is 258 g/mol. The number of rotatable bonds is 3. The first-order chi connectivity index (χ1) is 9.41. The Bertz CT molecular complexity index is 510. The summed E-state index contributed by atoms with van der Waals surface area (Å²) in [5.41, 5.74) is 0.795. The number of hydrogen-bond acceptors (Lipinski definition) is 3. The van der Waals surface area contributed by atoms with Crippen molar-refractivity contribution in [2.45, 2.75) is 45.2 Å². The number of nitrogens with zero attached hydrogens (tertiary/aromatic N) is 3. The zero-order chi connectivity index (χ0) is 14.9. The lowest BCUT2D eigenvalue weighted by molar-refractivity contribution is -0.145. The van der Waals surface area contributed by atoms with Gasteiger partial charge in [-0.1, -0.05) is 0 Å². The van der Waals surface area contributed by atoms with Crippen LogP contribution in [0.4, 0.5) is 0 Å². The molecule has 1 aromatic rings. The highest BCUT2D eigenvalue weighted by molar-refractivity contribution is 5.79. The number of aliphatic carboxylic acids is 1. The topological polar surface area (TPSA) is 75.4 Å². The van der Waals surface area contributed by atoms with Crippen LogP contribution in [-0.4, -0.2) is 38.7 Å². The van der Waals surface area contributed by atoms with E-state index < -0.39 is 17.9 Å². The van der Waals surface area contributed by atoms with Gasteiger partial charge in [0.1, 0.15) is 0 Å². The molecule has 1 aliphatic rings. The smallest absolute Gasteiger partial charge is 0.308 e. The van der Waals surface area contributed by atoms with Gasteiger partial charge in [-0.25, -0.2) is 0 Å². The number of carbonyl (C=O) groups is 2. The minimum absolute atomic E-state index is 0.00366. The van der Waals surface area contributed by atoms with Crippen molar-refractivity contribution in [3.63, 3.8) is 0 Å². The number of likely N-dealkylation sites (tertiary alicyclic amines) is 1. The summed E-state index contributed by atoms with van der Waals surface area (Å²) in [5, 5.41) is 13.7. The van der Waals surface area contributed by atoms with E-state index in [2.05, 4.69) is 5.10 Å². The summed E-state index contributed by atoms with van der Waals surface area (Å²) in [6.45, 7) is 4.01. The molecule has 0 saturated carbocycles. The molecule has 1 aliphatic heterocycles. The van der Waals surface area contributed by atoms with Crippen molar-refractivity contribution < 1.29 is 14.7 Å². The van der Waals surface area contributed by atoms with Crippen molar-refractivity contribution in [2.75, 3.05) is 7.05 Å². The third-order valence-electron chi connectivity index (χ3n) is 3.91. The second-order valence-corrected chi connectivity index (χ2v) is 5.63. The Hall–Kier alpha value is -1.85. The minimum Gasteiger partial charge on any atom is -0.481 e. The van der Waals surface area contributed by atoms with Crippen LogP contribution in [0.2, 0.25) is 0 Å². The van der Waals surface area contributed by atoms with E-state index in [0.29, 0.717) is 19.3 Å². The van der Waals surface area contributed by atoms with Crippen molar-refractivity contribution in [2.24, 2.45) is 5.92 Å². The van der Waals surface area contributed by atoms with Crippen LogP contribution < -0.4 is 0 Å². The average Bonchev–Trinajstić information content (AvgIpc) is 2.80. The summed E-state index contributed by atoms with van der Waals surface area (Å²) < 4.78 is 1.79. The normalized spacial score (nSPS) is 24.0. The van der Waals surface area contributed by atoms with E-state index in [1.807, 2.05) is 20.0 Å². The Morgan fingerprint density at radius 1 is 1.50 bits per heavy atom. The first-order valence-electron chi connectivity index (χ1n) is 6.94. The van der Waals surface area contributed by atoms with Crippen molar-refractivity contribution >= 4 is 11.9 Å². The Labute approximate surface area is 118 Å². The Morgan fingerprint density at radius 2 is 2.20 bits per heavy atom. The van der Waals surface area contributed by atoms with Gasteiger partial charge in [-0.15, -0.1) is 0 Å². The average molecular weight is 279 g/mol. The fraction of sp³-hybridized carbons (Fsp3) is 0.643. The Balaban J connectivity index is 2.39. The van der Waals surface area contributed by atoms with Crippen LogP contribution >= 0.6 is 0 Å². The third kappa shape index (κ3) is 2.69. The number of hydrogen-bond donors (Lipinski definition) is 1. The van der Waals surface area contributed by atoms with Gasteiger partial charge < -0.3 is 10.0 Å². The summed E-state index contributed by atoms with van der Waals surface area (Å²) in [6.07, 6.45) is 5.07. The molecule has 0 radical (unpaired) electrons. The second-order valence-electron chi connectivity index (χ2n) is 5.63. The van der Waals surface area contributed by atoms with Gasteiger partial charge in [-0.2, -0.15) is 5.10 Å². The molecule has 1 amide bonds. The number of aromatic nitrogens is 2. The predicted molar refractivity (Wildman–Crippen MR) is 73.1 cm³/mol. The van der Waals surface area contributed by atoms with E-state index in [9.17, 15) is 14.7 Å². The maximum absolute atomic E-state index is 12.0. The van der Waals surface area contributed by atoms with Crippen LogP contribution in [0.5, 0.6) is 0 Å². The van der Waals surface area contributed by atoms with Gasteiger partial charge in [0, 0.05) is 31.3 Å². The van der Waals surface area contributed by atoms with Crippen LogP contribution in [0.3, 0.4) is 0 Å². The van der Waals surface area contributed by atoms with Crippen LogP contribution in [0.1, 0.15) is 50.8 Å².